The SMILES string of the molecule is NCc1ccc(-c2cc(Cl)cc(Cl)c2)c(F)c1. The largest absolute Gasteiger partial charge is 0.326 e. The van der Waals surface area contributed by atoms with E-state index in [0.717, 1.165) is 5.56 Å². The van der Waals surface area contributed by atoms with Crippen molar-refractivity contribution in [3.8, 4) is 11.1 Å². The summed E-state index contributed by atoms with van der Waals surface area (Å²) in [6.45, 7) is 0.313. The first kappa shape index (κ1) is 12.4. The minimum atomic E-state index is -0.328. The molecule has 0 fully saturated rings. The third-order valence-electron chi connectivity index (χ3n) is 2.44. The quantitative estimate of drug-likeness (QED) is 0.866. The second-order valence-corrected chi connectivity index (χ2v) is 4.55. The maximum absolute atomic E-state index is 13.8. The van der Waals surface area contributed by atoms with Gasteiger partial charge in [-0.25, -0.2) is 4.39 Å². The Morgan fingerprint density at radius 1 is 1.00 bits per heavy atom. The van der Waals surface area contributed by atoms with Crippen LogP contribution in [0.1, 0.15) is 5.56 Å². The zero-order valence-electron chi connectivity index (χ0n) is 8.88. The highest BCUT2D eigenvalue weighted by molar-refractivity contribution is 6.35. The lowest BCUT2D eigenvalue weighted by Crippen LogP contribution is -1.97. The van der Waals surface area contributed by atoms with Crippen molar-refractivity contribution >= 4 is 23.2 Å². The zero-order chi connectivity index (χ0) is 12.4. The van der Waals surface area contributed by atoms with E-state index in [1.807, 2.05) is 0 Å². The standard InChI is InChI=1S/C13H10Cl2FN/c14-10-4-9(5-11(15)6-10)12-2-1-8(7-17)3-13(12)16/h1-6H,7,17H2. The molecule has 2 rings (SSSR count). The van der Waals surface area contributed by atoms with Crippen LogP contribution in [0.2, 0.25) is 10.0 Å². The Bertz CT molecular complexity index is 535. The fourth-order valence-corrected chi connectivity index (χ4v) is 2.16. The van der Waals surface area contributed by atoms with Crippen molar-refractivity contribution in [2.75, 3.05) is 0 Å². The number of nitrogens with two attached hydrogens (primary N) is 1. The molecule has 2 aromatic rings. The number of hydrogen-bond donors (Lipinski definition) is 1. The summed E-state index contributed by atoms with van der Waals surface area (Å²) in [6.07, 6.45) is 0. The van der Waals surface area contributed by atoms with Gasteiger partial charge in [0.25, 0.3) is 0 Å². The van der Waals surface area contributed by atoms with Crippen LogP contribution in [0.4, 0.5) is 4.39 Å². The lowest BCUT2D eigenvalue weighted by molar-refractivity contribution is 0.629. The number of hydrogen-bond acceptors (Lipinski definition) is 1. The molecular formula is C13H10Cl2FN. The fourth-order valence-electron chi connectivity index (χ4n) is 1.63. The van der Waals surface area contributed by atoms with Crippen LogP contribution >= 0.6 is 23.2 Å². The molecule has 0 saturated carbocycles. The van der Waals surface area contributed by atoms with Crippen molar-refractivity contribution in [3.63, 3.8) is 0 Å². The first-order chi connectivity index (χ1) is 8.10. The van der Waals surface area contributed by atoms with E-state index in [9.17, 15) is 4.39 Å². The lowest BCUT2D eigenvalue weighted by Gasteiger charge is -2.06. The highest BCUT2D eigenvalue weighted by Crippen LogP contribution is 2.29. The van der Waals surface area contributed by atoms with Gasteiger partial charge in [0.2, 0.25) is 0 Å². The Morgan fingerprint density at radius 3 is 2.18 bits per heavy atom. The van der Waals surface area contributed by atoms with Gasteiger partial charge in [-0.05, 0) is 35.4 Å². The Kier molecular flexibility index (Phi) is 3.67. The van der Waals surface area contributed by atoms with Crippen molar-refractivity contribution in [1.29, 1.82) is 0 Å². The highest BCUT2D eigenvalue weighted by atomic mass is 35.5. The van der Waals surface area contributed by atoms with Crippen molar-refractivity contribution in [2.24, 2.45) is 5.73 Å². The number of halogens is 3. The molecule has 2 aromatic carbocycles. The topological polar surface area (TPSA) is 26.0 Å². The Hall–Kier alpha value is -1.09. The van der Waals surface area contributed by atoms with Gasteiger partial charge in [0.1, 0.15) is 5.82 Å². The molecule has 0 aliphatic heterocycles. The average Bonchev–Trinajstić information content (AvgIpc) is 2.27. The van der Waals surface area contributed by atoms with Gasteiger partial charge >= 0.3 is 0 Å². The van der Waals surface area contributed by atoms with Crippen molar-refractivity contribution in [1.82, 2.24) is 0 Å². The molecule has 0 saturated heterocycles. The minimum Gasteiger partial charge on any atom is -0.326 e. The third kappa shape index (κ3) is 2.78. The van der Waals surface area contributed by atoms with Gasteiger partial charge in [-0.15, -0.1) is 0 Å². The summed E-state index contributed by atoms with van der Waals surface area (Å²) in [5, 5.41) is 0.963. The molecule has 0 aliphatic carbocycles. The van der Waals surface area contributed by atoms with Crippen LogP contribution < -0.4 is 5.73 Å². The second-order valence-electron chi connectivity index (χ2n) is 3.68. The van der Waals surface area contributed by atoms with Crippen LogP contribution in [0.25, 0.3) is 11.1 Å². The molecule has 0 radical (unpaired) electrons. The van der Waals surface area contributed by atoms with Gasteiger partial charge < -0.3 is 5.73 Å². The molecule has 17 heavy (non-hydrogen) atoms. The van der Waals surface area contributed by atoms with E-state index < -0.39 is 0 Å². The molecule has 0 amide bonds. The average molecular weight is 270 g/mol. The van der Waals surface area contributed by atoms with Crippen LogP contribution in [0.15, 0.2) is 36.4 Å². The predicted octanol–water partition coefficient (Wildman–Crippen LogP) is 4.26. The molecule has 0 spiro atoms. The van der Waals surface area contributed by atoms with Crippen LogP contribution in [0.5, 0.6) is 0 Å². The molecule has 4 heteroatoms. The fraction of sp³-hybridized carbons (Fsp3) is 0.0769. The first-order valence-electron chi connectivity index (χ1n) is 5.05. The van der Waals surface area contributed by atoms with E-state index >= 15 is 0 Å². The molecule has 0 atom stereocenters. The van der Waals surface area contributed by atoms with Gasteiger partial charge in [0, 0.05) is 22.2 Å². The summed E-state index contributed by atoms with van der Waals surface area (Å²) in [6, 6.07) is 9.84. The predicted molar refractivity (Wildman–Crippen MR) is 69.7 cm³/mol. The Labute approximate surface area is 109 Å². The molecule has 0 heterocycles. The van der Waals surface area contributed by atoms with Crippen LogP contribution in [0, 0.1) is 5.82 Å². The summed E-state index contributed by atoms with van der Waals surface area (Å²) >= 11 is 11.8. The molecular weight excluding hydrogens is 260 g/mol. The molecule has 88 valence electrons. The van der Waals surface area contributed by atoms with Gasteiger partial charge in [0.15, 0.2) is 0 Å². The van der Waals surface area contributed by atoms with Crippen molar-refractivity contribution in [2.45, 2.75) is 6.54 Å². The molecule has 1 nitrogen and oxygen atoms in total. The van der Waals surface area contributed by atoms with E-state index in [1.165, 1.54) is 6.07 Å². The van der Waals surface area contributed by atoms with Gasteiger partial charge in [-0.3, -0.25) is 0 Å². The zero-order valence-corrected chi connectivity index (χ0v) is 10.4. The summed E-state index contributed by atoms with van der Waals surface area (Å²) in [5.41, 5.74) is 7.32. The normalized spacial score (nSPS) is 10.6. The summed E-state index contributed by atoms with van der Waals surface area (Å²) in [5.74, 6) is -0.328. The lowest BCUT2D eigenvalue weighted by atomic mass is 10.0. The minimum absolute atomic E-state index is 0.313. The second kappa shape index (κ2) is 5.05. The summed E-state index contributed by atoms with van der Waals surface area (Å²) in [4.78, 5) is 0. The summed E-state index contributed by atoms with van der Waals surface area (Å²) < 4.78 is 13.8. The number of rotatable bonds is 2. The Morgan fingerprint density at radius 2 is 1.65 bits per heavy atom. The van der Waals surface area contributed by atoms with Gasteiger partial charge in [-0.1, -0.05) is 35.3 Å². The third-order valence-corrected chi connectivity index (χ3v) is 2.88. The first-order valence-corrected chi connectivity index (χ1v) is 5.80. The van der Waals surface area contributed by atoms with Crippen LogP contribution in [-0.2, 0) is 6.54 Å². The molecule has 2 N–H and O–H groups in total. The van der Waals surface area contributed by atoms with Crippen molar-refractivity contribution in [3.05, 3.63) is 57.8 Å². The maximum Gasteiger partial charge on any atom is 0.131 e. The highest BCUT2D eigenvalue weighted by Gasteiger charge is 2.07. The molecule has 0 aliphatic rings. The van der Waals surface area contributed by atoms with Crippen LogP contribution in [-0.4, -0.2) is 0 Å². The van der Waals surface area contributed by atoms with Gasteiger partial charge in [-0.2, -0.15) is 0 Å². The van der Waals surface area contributed by atoms with Crippen LogP contribution in [0.3, 0.4) is 0 Å². The monoisotopic (exact) mass is 269 g/mol. The van der Waals surface area contributed by atoms with E-state index in [4.69, 9.17) is 28.9 Å². The van der Waals surface area contributed by atoms with E-state index in [-0.39, 0.29) is 5.82 Å². The summed E-state index contributed by atoms with van der Waals surface area (Å²) in [7, 11) is 0. The molecule has 0 unspecified atom stereocenters. The molecule has 0 aromatic heterocycles. The smallest absolute Gasteiger partial charge is 0.131 e. The van der Waals surface area contributed by atoms with Gasteiger partial charge in [0.05, 0.1) is 0 Å². The Balaban J connectivity index is 2.52. The van der Waals surface area contributed by atoms with E-state index in [0.29, 0.717) is 27.7 Å². The van der Waals surface area contributed by atoms with E-state index in [2.05, 4.69) is 0 Å². The molecule has 0 bridgehead atoms. The maximum atomic E-state index is 13.8. The number of benzene rings is 2. The van der Waals surface area contributed by atoms with Crippen molar-refractivity contribution < 1.29 is 4.39 Å². The van der Waals surface area contributed by atoms with E-state index in [1.54, 1.807) is 30.3 Å².